The summed E-state index contributed by atoms with van der Waals surface area (Å²) in [6.07, 6.45) is 5.94. The molecular weight excluding hydrogens is 318 g/mol. The van der Waals surface area contributed by atoms with Crippen molar-refractivity contribution in [3.8, 4) is 11.8 Å². The number of hydrogen-bond acceptors (Lipinski definition) is 6. The van der Waals surface area contributed by atoms with Gasteiger partial charge in [0, 0.05) is 31.9 Å². The maximum Gasteiger partial charge on any atom is 0.189 e. The third-order valence-corrected chi connectivity index (χ3v) is 4.42. The zero-order valence-corrected chi connectivity index (χ0v) is 13.6. The lowest BCUT2D eigenvalue weighted by Gasteiger charge is -2.23. The van der Waals surface area contributed by atoms with Crippen LogP contribution >= 0.6 is 0 Å². The summed E-state index contributed by atoms with van der Waals surface area (Å²) >= 11 is 0. The van der Waals surface area contributed by atoms with Crippen molar-refractivity contribution in [2.24, 2.45) is 5.92 Å². The Morgan fingerprint density at radius 3 is 3.00 bits per heavy atom. The number of nitrogens with zero attached hydrogens (tertiary/aromatic N) is 7. The topological polar surface area (TPSA) is 94.4 Å². The molecule has 3 aromatic rings. The molecule has 126 valence electrons. The minimum Gasteiger partial charge on any atom is -0.486 e. The maximum absolute atomic E-state index is 8.82. The number of hydrogen-bond donors (Lipinski definition) is 0. The summed E-state index contributed by atoms with van der Waals surface area (Å²) in [4.78, 5) is 4.36. The molecule has 8 heteroatoms. The Hall–Kier alpha value is -3.21. The van der Waals surface area contributed by atoms with E-state index in [0.29, 0.717) is 29.7 Å². The van der Waals surface area contributed by atoms with Gasteiger partial charge in [0.25, 0.3) is 0 Å². The lowest BCUT2D eigenvalue weighted by atomic mass is 9.99. The molecular formula is C17H17N7O. The molecule has 1 aliphatic rings. The van der Waals surface area contributed by atoms with Crippen LogP contribution in [0.15, 0.2) is 36.7 Å². The summed E-state index contributed by atoms with van der Waals surface area (Å²) in [5.74, 6) is 3.01. The number of nitriles is 1. The molecule has 0 radical (unpaired) electrons. The Balaban J connectivity index is 1.38. The van der Waals surface area contributed by atoms with Crippen LogP contribution in [0.3, 0.4) is 0 Å². The molecule has 1 unspecified atom stereocenters. The largest absolute Gasteiger partial charge is 0.486 e. The van der Waals surface area contributed by atoms with Crippen LogP contribution in [0.2, 0.25) is 0 Å². The van der Waals surface area contributed by atoms with Crippen molar-refractivity contribution >= 4 is 0 Å². The van der Waals surface area contributed by atoms with E-state index in [1.54, 1.807) is 24.3 Å². The van der Waals surface area contributed by atoms with Crippen LogP contribution in [-0.2, 0) is 26.1 Å². The third kappa shape index (κ3) is 3.35. The molecule has 0 bridgehead atoms. The quantitative estimate of drug-likeness (QED) is 0.702. The van der Waals surface area contributed by atoms with Crippen LogP contribution < -0.4 is 4.74 Å². The normalized spacial score (nSPS) is 16.2. The molecule has 0 saturated carbocycles. The van der Waals surface area contributed by atoms with Gasteiger partial charge in [-0.3, -0.25) is 0 Å². The highest BCUT2D eigenvalue weighted by Gasteiger charge is 2.21. The second kappa shape index (κ2) is 6.73. The Morgan fingerprint density at radius 2 is 2.16 bits per heavy atom. The van der Waals surface area contributed by atoms with E-state index >= 15 is 0 Å². The van der Waals surface area contributed by atoms with Gasteiger partial charge in [-0.05, 0) is 47.0 Å². The predicted molar refractivity (Wildman–Crippen MR) is 87.3 cm³/mol. The van der Waals surface area contributed by atoms with Gasteiger partial charge in [0.2, 0.25) is 0 Å². The van der Waals surface area contributed by atoms with Crippen LogP contribution in [0.4, 0.5) is 0 Å². The number of aromatic nitrogens is 6. The van der Waals surface area contributed by atoms with Crippen LogP contribution in [-0.4, -0.2) is 29.8 Å². The molecule has 0 N–H and O–H groups in total. The summed E-state index contributed by atoms with van der Waals surface area (Å²) in [7, 11) is 0. The van der Waals surface area contributed by atoms with E-state index < -0.39 is 0 Å². The Kier molecular flexibility index (Phi) is 4.12. The molecule has 0 spiro atoms. The summed E-state index contributed by atoms with van der Waals surface area (Å²) in [6.45, 7) is 1.99. The van der Waals surface area contributed by atoms with E-state index in [1.807, 2.05) is 17.1 Å². The first-order valence-electron chi connectivity index (χ1n) is 8.20. The Labute approximate surface area is 144 Å². The first-order chi connectivity index (χ1) is 12.3. The molecule has 3 heterocycles. The SMILES string of the molecule is N#Cc1ccc(OCc2nnnn2CC2CCc3nccn3C2)cc1. The van der Waals surface area contributed by atoms with Gasteiger partial charge in [-0.25, -0.2) is 9.67 Å². The number of imidazole rings is 1. The standard InChI is InChI=1S/C17H17N7O/c18-9-13-1-4-15(5-2-13)25-12-17-20-21-22-24(17)11-14-3-6-16-19-7-8-23(16)10-14/h1-2,4-5,7-8,14H,3,6,10-12H2. The van der Waals surface area contributed by atoms with Gasteiger partial charge >= 0.3 is 0 Å². The average Bonchev–Trinajstić information content (AvgIpc) is 3.29. The van der Waals surface area contributed by atoms with Crippen LogP contribution in [0.5, 0.6) is 5.75 Å². The van der Waals surface area contributed by atoms with Gasteiger partial charge in [0.1, 0.15) is 18.2 Å². The van der Waals surface area contributed by atoms with E-state index in [0.717, 1.165) is 31.8 Å². The number of benzene rings is 1. The number of aryl methyl sites for hydroxylation is 1. The number of fused-ring (bicyclic) bond motifs is 1. The molecule has 1 aromatic carbocycles. The predicted octanol–water partition coefficient (Wildman–Crippen LogP) is 1.58. The number of ether oxygens (including phenoxy) is 1. The minimum atomic E-state index is 0.294. The second-order valence-electron chi connectivity index (χ2n) is 6.10. The van der Waals surface area contributed by atoms with Crippen molar-refractivity contribution < 1.29 is 4.74 Å². The van der Waals surface area contributed by atoms with Crippen molar-refractivity contribution in [2.75, 3.05) is 0 Å². The van der Waals surface area contributed by atoms with Gasteiger partial charge in [-0.15, -0.1) is 5.10 Å². The van der Waals surface area contributed by atoms with Crippen molar-refractivity contribution in [1.82, 2.24) is 29.8 Å². The van der Waals surface area contributed by atoms with Crippen LogP contribution in [0, 0.1) is 17.2 Å². The zero-order valence-electron chi connectivity index (χ0n) is 13.6. The van der Waals surface area contributed by atoms with Crippen molar-refractivity contribution in [2.45, 2.75) is 32.5 Å². The van der Waals surface area contributed by atoms with Gasteiger partial charge in [-0.2, -0.15) is 5.26 Å². The molecule has 4 rings (SSSR count). The molecule has 0 fully saturated rings. The smallest absolute Gasteiger partial charge is 0.189 e. The van der Waals surface area contributed by atoms with Crippen LogP contribution in [0.25, 0.3) is 0 Å². The Morgan fingerprint density at radius 1 is 1.28 bits per heavy atom. The second-order valence-corrected chi connectivity index (χ2v) is 6.10. The van der Waals surface area contributed by atoms with Crippen molar-refractivity contribution in [3.05, 3.63) is 53.9 Å². The fraction of sp³-hybridized carbons (Fsp3) is 0.353. The first-order valence-corrected chi connectivity index (χ1v) is 8.20. The van der Waals surface area contributed by atoms with Crippen molar-refractivity contribution in [3.63, 3.8) is 0 Å². The average molecular weight is 335 g/mol. The summed E-state index contributed by atoms with van der Waals surface area (Å²) in [6, 6.07) is 9.08. The number of tetrazole rings is 1. The fourth-order valence-corrected chi connectivity index (χ4v) is 3.07. The third-order valence-electron chi connectivity index (χ3n) is 4.42. The molecule has 0 aliphatic carbocycles. The van der Waals surface area contributed by atoms with E-state index in [4.69, 9.17) is 10.00 Å². The van der Waals surface area contributed by atoms with Gasteiger partial charge in [-0.1, -0.05) is 0 Å². The molecule has 0 amide bonds. The van der Waals surface area contributed by atoms with Crippen molar-refractivity contribution in [1.29, 1.82) is 5.26 Å². The van der Waals surface area contributed by atoms with E-state index in [1.165, 1.54) is 0 Å². The highest BCUT2D eigenvalue weighted by molar-refractivity contribution is 5.34. The molecule has 25 heavy (non-hydrogen) atoms. The molecule has 2 aromatic heterocycles. The molecule has 1 atom stereocenters. The lowest BCUT2D eigenvalue weighted by molar-refractivity contribution is 0.265. The highest BCUT2D eigenvalue weighted by atomic mass is 16.5. The van der Waals surface area contributed by atoms with Crippen LogP contribution in [0.1, 0.15) is 23.6 Å². The van der Waals surface area contributed by atoms with Gasteiger partial charge in [0.05, 0.1) is 11.6 Å². The molecule has 1 aliphatic heterocycles. The monoisotopic (exact) mass is 335 g/mol. The first kappa shape index (κ1) is 15.3. The maximum atomic E-state index is 8.82. The summed E-state index contributed by atoms with van der Waals surface area (Å²) in [5, 5.41) is 20.8. The van der Waals surface area contributed by atoms with E-state index in [2.05, 4.69) is 31.1 Å². The lowest BCUT2D eigenvalue weighted by Crippen LogP contribution is -2.25. The summed E-state index contributed by atoms with van der Waals surface area (Å²) in [5.41, 5.74) is 0.605. The molecule has 0 saturated heterocycles. The summed E-state index contributed by atoms with van der Waals surface area (Å²) < 4.78 is 9.75. The van der Waals surface area contributed by atoms with E-state index in [-0.39, 0.29) is 0 Å². The fourth-order valence-electron chi connectivity index (χ4n) is 3.07. The number of rotatable bonds is 5. The van der Waals surface area contributed by atoms with Gasteiger partial charge < -0.3 is 9.30 Å². The van der Waals surface area contributed by atoms with E-state index in [9.17, 15) is 0 Å². The Bertz CT molecular complexity index is 890. The van der Waals surface area contributed by atoms with Gasteiger partial charge in [0.15, 0.2) is 5.82 Å². The zero-order chi connectivity index (χ0) is 17.1. The highest BCUT2D eigenvalue weighted by Crippen LogP contribution is 2.20. The molecule has 8 nitrogen and oxygen atoms in total. The minimum absolute atomic E-state index is 0.294.